The van der Waals surface area contributed by atoms with Crippen LogP contribution in [0.1, 0.15) is 25.0 Å². The molecule has 0 heterocycles. The van der Waals surface area contributed by atoms with Crippen molar-refractivity contribution in [3.8, 4) is 28.4 Å². The Kier molecular flexibility index (Phi) is 3.65. The van der Waals surface area contributed by atoms with E-state index in [-0.39, 0.29) is 17.2 Å². The Labute approximate surface area is 112 Å². The van der Waals surface area contributed by atoms with Gasteiger partial charge in [-0.15, -0.1) is 0 Å². The molecule has 0 saturated heterocycles. The van der Waals surface area contributed by atoms with E-state index in [2.05, 4.69) is 0 Å². The van der Waals surface area contributed by atoms with Gasteiger partial charge >= 0.3 is 0 Å². The first-order valence-corrected chi connectivity index (χ1v) is 6.44. The Morgan fingerprint density at radius 2 is 1.63 bits per heavy atom. The average Bonchev–Trinajstić information content (AvgIpc) is 2.40. The summed E-state index contributed by atoms with van der Waals surface area (Å²) in [5.74, 6) is -0.127. The second-order valence-corrected chi connectivity index (χ2v) is 4.51. The first kappa shape index (κ1) is 13.3. The summed E-state index contributed by atoms with van der Waals surface area (Å²) in [6.07, 6.45) is 1.61. The molecule has 2 aromatic carbocycles. The molecule has 0 aliphatic heterocycles. The molecular formula is C16H18O3. The van der Waals surface area contributed by atoms with E-state index >= 15 is 0 Å². The van der Waals surface area contributed by atoms with Crippen LogP contribution in [0.15, 0.2) is 30.3 Å². The SMILES string of the molecule is CCc1cc(O)cc(-c2cccc(O)c2O)c1CC. The second-order valence-electron chi connectivity index (χ2n) is 4.51. The monoisotopic (exact) mass is 258 g/mol. The van der Waals surface area contributed by atoms with Gasteiger partial charge in [-0.25, -0.2) is 0 Å². The number of benzene rings is 2. The molecular weight excluding hydrogens is 240 g/mol. The molecule has 3 N–H and O–H groups in total. The van der Waals surface area contributed by atoms with Gasteiger partial charge in [0.1, 0.15) is 5.75 Å². The minimum absolute atomic E-state index is 0.148. The maximum atomic E-state index is 9.99. The van der Waals surface area contributed by atoms with Gasteiger partial charge in [-0.1, -0.05) is 26.0 Å². The van der Waals surface area contributed by atoms with Gasteiger partial charge in [-0.2, -0.15) is 0 Å². The molecule has 0 radical (unpaired) electrons. The predicted molar refractivity (Wildman–Crippen MR) is 75.6 cm³/mol. The third-order valence-corrected chi connectivity index (χ3v) is 3.37. The van der Waals surface area contributed by atoms with Crippen molar-refractivity contribution in [2.75, 3.05) is 0 Å². The van der Waals surface area contributed by atoms with Crippen LogP contribution in [-0.4, -0.2) is 15.3 Å². The van der Waals surface area contributed by atoms with E-state index in [9.17, 15) is 15.3 Å². The molecule has 0 spiro atoms. The normalized spacial score (nSPS) is 10.6. The Bertz CT molecular complexity index is 603. The van der Waals surface area contributed by atoms with E-state index in [1.807, 2.05) is 13.8 Å². The van der Waals surface area contributed by atoms with Gasteiger partial charge in [-0.3, -0.25) is 0 Å². The molecule has 0 amide bonds. The quantitative estimate of drug-likeness (QED) is 0.737. The van der Waals surface area contributed by atoms with Crippen molar-refractivity contribution >= 4 is 0 Å². The number of rotatable bonds is 3. The van der Waals surface area contributed by atoms with E-state index in [1.165, 1.54) is 6.07 Å². The first-order valence-electron chi connectivity index (χ1n) is 6.44. The summed E-state index contributed by atoms with van der Waals surface area (Å²) in [4.78, 5) is 0. The van der Waals surface area contributed by atoms with Crippen LogP contribution in [-0.2, 0) is 12.8 Å². The fraction of sp³-hybridized carbons (Fsp3) is 0.250. The van der Waals surface area contributed by atoms with Crippen LogP contribution in [0.2, 0.25) is 0 Å². The molecule has 0 fully saturated rings. The van der Waals surface area contributed by atoms with Crippen LogP contribution in [0, 0.1) is 0 Å². The number of hydrogen-bond acceptors (Lipinski definition) is 3. The van der Waals surface area contributed by atoms with Crippen molar-refractivity contribution in [2.24, 2.45) is 0 Å². The summed E-state index contributed by atoms with van der Waals surface area (Å²) in [5, 5.41) is 29.4. The summed E-state index contributed by atoms with van der Waals surface area (Å²) < 4.78 is 0. The van der Waals surface area contributed by atoms with Crippen LogP contribution in [0.25, 0.3) is 11.1 Å². The lowest BCUT2D eigenvalue weighted by molar-refractivity contribution is 0.405. The van der Waals surface area contributed by atoms with Crippen molar-refractivity contribution in [1.82, 2.24) is 0 Å². The summed E-state index contributed by atoms with van der Waals surface area (Å²) >= 11 is 0. The summed E-state index contributed by atoms with van der Waals surface area (Å²) in [7, 11) is 0. The summed E-state index contributed by atoms with van der Waals surface area (Å²) in [6.45, 7) is 4.06. The topological polar surface area (TPSA) is 60.7 Å². The van der Waals surface area contributed by atoms with E-state index in [4.69, 9.17) is 0 Å². The van der Waals surface area contributed by atoms with Gasteiger partial charge in [0.25, 0.3) is 0 Å². The van der Waals surface area contributed by atoms with Gasteiger partial charge in [0, 0.05) is 5.56 Å². The highest BCUT2D eigenvalue weighted by molar-refractivity contribution is 5.77. The third kappa shape index (κ3) is 2.36. The Balaban J connectivity index is 2.74. The Morgan fingerprint density at radius 3 is 2.26 bits per heavy atom. The molecule has 2 rings (SSSR count). The molecule has 19 heavy (non-hydrogen) atoms. The number of aryl methyl sites for hydroxylation is 1. The van der Waals surface area contributed by atoms with Gasteiger partial charge in [0.15, 0.2) is 11.5 Å². The molecule has 2 aromatic rings. The summed E-state index contributed by atoms with van der Waals surface area (Å²) in [5.41, 5.74) is 3.46. The molecule has 0 aromatic heterocycles. The minimum atomic E-state index is -0.152. The van der Waals surface area contributed by atoms with E-state index in [1.54, 1.807) is 24.3 Å². The molecule has 0 atom stereocenters. The molecule has 0 bridgehead atoms. The maximum absolute atomic E-state index is 9.99. The van der Waals surface area contributed by atoms with E-state index < -0.39 is 0 Å². The molecule has 0 saturated carbocycles. The first-order chi connectivity index (χ1) is 9.08. The lowest BCUT2D eigenvalue weighted by Crippen LogP contribution is -1.95. The van der Waals surface area contributed by atoms with Crippen molar-refractivity contribution < 1.29 is 15.3 Å². The molecule has 0 aliphatic rings. The van der Waals surface area contributed by atoms with Crippen molar-refractivity contribution in [2.45, 2.75) is 26.7 Å². The van der Waals surface area contributed by atoms with Crippen molar-refractivity contribution in [3.05, 3.63) is 41.5 Å². The number of aromatic hydroxyl groups is 3. The predicted octanol–water partition coefficient (Wildman–Crippen LogP) is 3.60. The fourth-order valence-corrected chi connectivity index (χ4v) is 2.44. The molecule has 3 heteroatoms. The molecule has 0 aliphatic carbocycles. The average molecular weight is 258 g/mol. The second kappa shape index (κ2) is 5.22. The lowest BCUT2D eigenvalue weighted by atomic mass is 9.91. The number of para-hydroxylation sites is 1. The van der Waals surface area contributed by atoms with Gasteiger partial charge in [0.05, 0.1) is 0 Å². The van der Waals surface area contributed by atoms with Crippen LogP contribution in [0.3, 0.4) is 0 Å². The zero-order chi connectivity index (χ0) is 14.0. The van der Waals surface area contributed by atoms with Gasteiger partial charge in [0.2, 0.25) is 0 Å². The van der Waals surface area contributed by atoms with Crippen LogP contribution >= 0.6 is 0 Å². The van der Waals surface area contributed by atoms with Gasteiger partial charge in [-0.05, 0) is 47.7 Å². The minimum Gasteiger partial charge on any atom is -0.508 e. The fourth-order valence-electron chi connectivity index (χ4n) is 2.44. The van der Waals surface area contributed by atoms with E-state index in [0.29, 0.717) is 5.56 Å². The Morgan fingerprint density at radius 1 is 0.895 bits per heavy atom. The number of phenolic OH excluding ortho intramolecular Hbond substituents is 3. The Hall–Kier alpha value is -2.16. The highest BCUT2D eigenvalue weighted by Gasteiger charge is 2.14. The largest absolute Gasteiger partial charge is 0.508 e. The zero-order valence-electron chi connectivity index (χ0n) is 11.1. The zero-order valence-corrected chi connectivity index (χ0v) is 11.1. The van der Waals surface area contributed by atoms with Gasteiger partial charge < -0.3 is 15.3 Å². The number of hydrogen-bond donors (Lipinski definition) is 3. The standard InChI is InChI=1S/C16H18O3/c1-3-10-8-11(17)9-14(12(10)4-2)13-6-5-7-15(18)16(13)19/h5-9,17-19H,3-4H2,1-2H3. The number of phenols is 3. The molecule has 0 unspecified atom stereocenters. The van der Waals surface area contributed by atoms with Crippen LogP contribution in [0.5, 0.6) is 17.2 Å². The van der Waals surface area contributed by atoms with Crippen LogP contribution < -0.4 is 0 Å². The maximum Gasteiger partial charge on any atom is 0.165 e. The van der Waals surface area contributed by atoms with Crippen LogP contribution in [0.4, 0.5) is 0 Å². The highest BCUT2D eigenvalue weighted by Crippen LogP contribution is 2.40. The molecule has 100 valence electrons. The van der Waals surface area contributed by atoms with E-state index in [0.717, 1.165) is 29.5 Å². The third-order valence-electron chi connectivity index (χ3n) is 3.37. The smallest absolute Gasteiger partial charge is 0.165 e. The van der Waals surface area contributed by atoms with Crippen molar-refractivity contribution in [1.29, 1.82) is 0 Å². The lowest BCUT2D eigenvalue weighted by Gasteiger charge is -2.15. The highest BCUT2D eigenvalue weighted by atomic mass is 16.3. The molecule has 3 nitrogen and oxygen atoms in total. The summed E-state index contributed by atoms with van der Waals surface area (Å²) in [6, 6.07) is 8.24. The van der Waals surface area contributed by atoms with Crippen molar-refractivity contribution in [3.63, 3.8) is 0 Å².